The highest BCUT2D eigenvalue weighted by Gasteiger charge is 2.04. The number of hydrogen-bond acceptors (Lipinski definition) is 4. The monoisotopic (exact) mass is 349 g/mol. The molecule has 0 aliphatic heterocycles. The molecule has 0 bridgehead atoms. The molecule has 0 aliphatic carbocycles. The third-order valence-electron chi connectivity index (χ3n) is 3.01. The molecule has 0 saturated carbocycles. The van der Waals surface area contributed by atoms with Gasteiger partial charge in [0.25, 0.3) is 0 Å². The van der Waals surface area contributed by atoms with Crippen LogP contribution in [0.3, 0.4) is 0 Å². The largest absolute Gasteiger partial charge is 0.384 e. The van der Waals surface area contributed by atoms with Crippen molar-refractivity contribution in [3.63, 3.8) is 0 Å². The molecule has 1 atom stereocenters. The first-order chi connectivity index (χ1) is 11.2. The fourth-order valence-corrected chi connectivity index (χ4v) is 3.58. The van der Waals surface area contributed by atoms with Crippen molar-refractivity contribution in [1.82, 2.24) is 0 Å². The lowest BCUT2D eigenvalue weighted by molar-refractivity contribution is -0.111. The summed E-state index contributed by atoms with van der Waals surface area (Å²) in [6.45, 7) is 0.483. The van der Waals surface area contributed by atoms with Gasteiger partial charge in [0.2, 0.25) is 5.91 Å². The maximum absolute atomic E-state index is 11.9. The van der Waals surface area contributed by atoms with Gasteiger partial charge in [0, 0.05) is 41.2 Å². The van der Waals surface area contributed by atoms with Gasteiger partial charge < -0.3 is 10.1 Å². The van der Waals surface area contributed by atoms with Gasteiger partial charge in [-0.15, -0.1) is 0 Å². The minimum atomic E-state index is -0.966. The third-order valence-corrected chi connectivity index (χ3v) is 4.99. The minimum Gasteiger partial charge on any atom is -0.384 e. The van der Waals surface area contributed by atoms with Crippen LogP contribution in [0.2, 0.25) is 0 Å². The van der Waals surface area contributed by atoms with E-state index in [9.17, 15) is 9.00 Å². The molecule has 2 aromatic rings. The van der Waals surface area contributed by atoms with E-state index in [2.05, 4.69) is 5.32 Å². The average Bonchev–Trinajstić information content (AvgIpc) is 3.05. The van der Waals surface area contributed by atoms with Crippen LogP contribution in [0.15, 0.2) is 47.2 Å². The molecule has 0 spiro atoms. The van der Waals surface area contributed by atoms with Crippen molar-refractivity contribution in [2.24, 2.45) is 0 Å². The predicted molar refractivity (Wildman–Crippen MR) is 97.0 cm³/mol. The number of thiophene rings is 1. The molecule has 0 saturated heterocycles. The fourth-order valence-electron chi connectivity index (χ4n) is 1.90. The Kier molecular flexibility index (Phi) is 7.19. The van der Waals surface area contributed by atoms with Crippen molar-refractivity contribution in [3.05, 3.63) is 58.3 Å². The Morgan fingerprint density at radius 1 is 1.39 bits per heavy atom. The lowest BCUT2D eigenvalue weighted by Crippen LogP contribution is -2.09. The van der Waals surface area contributed by atoms with Crippen molar-refractivity contribution < 1.29 is 13.7 Å². The molecule has 0 radical (unpaired) electrons. The van der Waals surface area contributed by atoms with Crippen molar-refractivity contribution in [3.8, 4) is 0 Å². The van der Waals surface area contributed by atoms with Crippen LogP contribution in [0.1, 0.15) is 11.1 Å². The minimum absolute atomic E-state index is 0.186. The molecule has 1 aromatic heterocycles. The second-order valence-corrected chi connectivity index (χ2v) is 7.22. The molecular formula is C17H19NO3S2. The number of ether oxygens (including phenoxy) is 1. The highest BCUT2D eigenvalue weighted by atomic mass is 32.2. The standard InChI is InChI=1S/C17H19NO3S2/c1-21-8-10-23(20)13-15-3-2-4-16(11-15)18-17(19)6-5-14-7-9-22-12-14/h2-7,9,11-12H,8,10,13H2,1H3,(H,18,19)/b6-5+/t23-/m0/s1. The third kappa shape index (κ3) is 6.48. The van der Waals surface area contributed by atoms with Gasteiger partial charge in [-0.3, -0.25) is 9.00 Å². The van der Waals surface area contributed by atoms with Crippen LogP contribution in [-0.4, -0.2) is 29.6 Å². The highest BCUT2D eigenvalue weighted by Crippen LogP contribution is 2.13. The molecule has 1 aromatic carbocycles. The molecule has 0 unspecified atom stereocenters. The topological polar surface area (TPSA) is 55.4 Å². The Morgan fingerprint density at radius 2 is 2.26 bits per heavy atom. The van der Waals surface area contributed by atoms with E-state index in [-0.39, 0.29) is 5.91 Å². The number of anilines is 1. The van der Waals surface area contributed by atoms with Crippen LogP contribution < -0.4 is 5.32 Å². The van der Waals surface area contributed by atoms with Gasteiger partial charge in [0.05, 0.1) is 6.61 Å². The van der Waals surface area contributed by atoms with Gasteiger partial charge in [-0.05, 0) is 46.2 Å². The first kappa shape index (κ1) is 17.6. The second kappa shape index (κ2) is 9.39. The summed E-state index contributed by atoms with van der Waals surface area (Å²) in [7, 11) is 0.628. The maximum atomic E-state index is 11.9. The number of amides is 1. The van der Waals surface area contributed by atoms with Crippen LogP contribution in [0.5, 0.6) is 0 Å². The van der Waals surface area contributed by atoms with Crippen molar-refractivity contribution >= 4 is 39.8 Å². The van der Waals surface area contributed by atoms with Crippen LogP contribution in [0, 0.1) is 0 Å². The van der Waals surface area contributed by atoms with Gasteiger partial charge in [-0.25, -0.2) is 0 Å². The van der Waals surface area contributed by atoms with Crippen molar-refractivity contribution in [2.45, 2.75) is 5.75 Å². The van der Waals surface area contributed by atoms with E-state index in [1.54, 1.807) is 24.5 Å². The first-order valence-electron chi connectivity index (χ1n) is 7.11. The summed E-state index contributed by atoms with van der Waals surface area (Å²) < 4.78 is 16.8. The molecule has 23 heavy (non-hydrogen) atoms. The number of hydrogen-bond donors (Lipinski definition) is 1. The number of benzene rings is 1. The summed E-state index contributed by atoms with van der Waals surface area (Å²) >= 11 is 1.59. The molecule has 0 aliphatic rings. The summed E-state index contributed by atoms with van der Waals surface area (Å²) in [5, 5.41) is 6.75. The molecule has 1 heterocycles. The Hall–Kier alpha value is -1.76. The quantitative estimate of drug-likeness (QED) is 0.744. The number of carbonyl (C=O) groups excluding carboxylic acids is 1. The normalized spacial score (nSPS) is 12.4. The average molecular weight is 349 g/mol. The molecular weight excluding hydrogens is 330 g/mol. The molecule has 1 amide bonds. The summed E-state index contributed by atoms with van der Waals surface area (Å²) in [5.41, 5.74) is 2.64. The highest BCUT2D eigenvalue weighted by molar-refractivity contribution is 7.84. The summed E-state index contributed by atoms with van der Waals surface area (Å²) in [6.07, 6.45) is 3.28. The van der Waals surface area contributed by atoms with Gasteiger partial charge in [-0.1, -0.05) is 12.1 Å². The van der Waals surface area contributed by atoms with Crippen LogP contribution in [0.25, 0.3) is 6.08 Å². The zero-order chi connectivity index (χ0) is 16.5. The number of nitrogens with one attached hydrogen (secondary N) is 1. The summed E-state index contributed by atoms with van der Waals surface area (Å²) in [5.74, 6) is 0.780. The smallest absolute Gasteiger partial charge is 0.248 e. The van der Waals surface area contributed by atoms with Crippen LogP contribution in [0.4, 0.5) is 5.69 Å². The maximum Gasteiger partial charge on any atom is 0.248 e. The zero-order valence-corrected chi connectivity index (χ0v) is 14.5. The lowest BCUT2D eigenvalue weighted by atomic mass is 10.2. The molecule has 2 rings (SSSR count). The van der Waals surface area contributed by atoms with E-state index in [1.165, 1.54) is 6.08 Å². The SMILES string of the molecule is COCC[S@](=O)Cc1cccc(NC(=O)/C=C/c2ccsc2)c1. The Balaban J connectivity index is 1.91. The Labute approximate surface area is 142 Å². The summed E-state index contributed by atoms with van der Waals surface area (Å²) in [4.78, 5) is 11.9. The number of carbonyl (C=O) groups is 1. The second-order valence-electron chi connectivity index (χ2n) is 4.86. The van der Waals surface area contributed by atoms with Gasteiger partial charge >= 0.3 is 0 Å². The molecule has 0 fully saturated rings. The fraction of sp³-hybridized carbons (Fsp3) is 0.235. The van der Waals surface area contributed by atoms with E-state index in [0.717, 1.165) is 11.1 Å². The molecule has 4 nitrogen and oxygen atoms in total. The molecule has 1 N–H and O–H groups in total. The predicted octanol–water partition coefficient (Wildman–Crippen LogP) is 3.30. The van der Waals surface area contributed by atoms with E-state index >= 15 is 0 Å². The number of methoxy groups -OCH3 is 1. The van der Waals surface area contributed by atoms with E-state index in [4.69, 9.17) is 4.74 Å². The van der Waals surface area contributed by atoms with Gasteiger partial charge in [0.1, 0.15) is 0 Å². The van der Waals surface area contributed by atoms with Crippen LogP contribution in [-0.2, 0) is 26.1 Å². The molecule has 122 valence electrons. The van der Waals surface area contributed by atoms with E-state index in [0.29, 0.717) is 23.8 Å². The van der Waals surface area contributed by atoms with Gasteiger partial charge in [-0.2, -0.15) is 11.3 Å². The van der Waals surface area contributed by atoms with Crippen LogP contribution >= 0.6 is 11.3 Å². The lowest BCUT2D eigenvalue weighted by Gasteiger charge is -2.06. The first-order valence-corrected chi connectivity index (χ1v) is 9.54. The van der Waals surface area contributed by atoms with E-state index in [1.807, 2.05) is 41.1 Å². The number of rotatable bonds is 8. The molecule has 6 heteroatoms. The van der Waals surface area contributed by atoms with Gasteiger partial charge in [0.15, 0.2) is 0 Å². The van der Waals surface area contributed by atoms with Crippen molar-refractivity contribution in [1.29, 1.82) is 0 Å². The Bertz CT molecular complexity index is 681. The zero-order valence-electron chi connectivity index (χ0n) is 12.9. The Morgan fingerprint density at radius 3 is 3.00 bits per heavy atom. The van der Waals surface area contributed by atoms with E-state index < -0.39 is 10.8 Å². The van der Waals surface area contributed by atoms with Crippen molar-refractivity contribution in [2.75, 3.05) is 24.8 Å². The summed E-state index contributed by atoms with van der Waals surface area (Å²) in [6, 6.07) is 9.37.